The van der Waals surface area contributed by atoms with Gasteiger partial charge in [0, 0.05) is 11.1 Å². The number of carbonyl (C=O) groups is 1. The quantitative estimate of drug-likeness (QED) is 0.385. The molecule has 0 spiro atoms. The number of aryl methyl sites for hydroxylation is 2. The van der Waals surface area contributed by atoms with E-state index in [4.69, 9.17) is 0 Å². The molecule has 0 fully saturated rings. The summed E-state index contributed by atoms with van der Waals surface area (Å²) in [4.78, 5) is 11.6. The van der Waals surface area contributed by atoms with Gasteiger partial charge in [-0.15, -0.1) is 0 Å². The van der Waals surface area contributed by atoms with Crippen LogP contribution in [0.1, 0.15) is 37.5 Å². The summed E-state index contributed by atoms with van der Waals surface area (Å²) in [6.45, 7) is 13.0. The molecule has 4 heteroatoms. The zero-order chi connectivity index (χ0) is 16.4. The van der Waals surface area contributed by atoms with E-state index >= 15 is 0 Å². The van der Waals surface area contributed by atoms with Crippen molar-refractivity contribution in [2.24, 2.45) is 5.10 Å². The Labute approximate surface area is 126 Å². The number of hydrogen-bond donors (Lipinski definition) is 2. The van der Waals surface area contributed by atoms with Crippen LogP contribution in [0.3, 0.4) is 0 Å². The minimum absolute atomic E-state index is 0.165. The van der Waals surface area contributed by atoms with Gasteiger partial charge in [-0.25, -0.2) is 5.43 Å². The summed E-state index contributed by atoms with van der Waals surface area (Å²) in [5.41, 5.74) is 5.18. The third kappa shape index (κ3) is 5.65. The molecule has 4 nitrogen and oxygen atoms in total. The fourth-order valence-electron chi connectivity index (χ4n) is 1.66. The molecular formula is C17H24N2O2. The summed E-state index contributed by atoms with van der Waals surface area (Å²) in [5, 5.41) is 13.7. The number of carbonyl (C=O) groups excluding carboxylic acids is 1. The molecule has 1 aromatic carbocycles. The summed E-state index contributed by atoms with van der Waals surface area (Å²) in [5.74, 6) is -0.170. The van der Waals surface area contributed by atoms with Crippen molar-refractivity contribution in [3.8, 4) is 5.75 Å². The van der Waals surface area contributed by atoms with Crippen molar-refractivity contribution in [2.75, 3.05) is 0 Å². The van der Waals surface area contributed by atoms with Crippen LogP contribution in [0, 0.1) is 13.8 Å². The van der Waals surface area contributed by atoms with Crippen LogP contribution in [0.15, 0.2) is 41.5 Å². The Hall–Kier alpha value is -2.36. The van der Waals surface area contributed by atoms with Crippen molar-refractivity contribution in [1.82, 2.24) is 5.43 Å². The lowest BCUT2D eigenvalue weighted by Crippen LogP contribution is -2.18. The highest BCUT2D eigenvalue weighted by atomic mass is 16.3. The maximum Gasteiger partial charge on any atom is 0.271 e. The first kappa shape index (κ1) is 18.6. The number of amides is 1. The second-order valence-corrected chi connectivity index (χ2v) is 4.17. The molecule has 0 saturated carbocycles. The Bertz CT molecular complexity index is 558. The first-order chi connectivity index (χ1) is 9.99. The normalized spacial score (nSPS) is 10.8. The lowest BCUT2D eigenvalue weighted by molar-refractivity contribution is -0.117. The highest BCUT2D eigenvalue weighted by Crippen LogP contribution is 2.21. The minimum Gasteiger partial charge on any atom is -0.507 e. The van der Waals surface area contributed by atoms with Crippen molar-refractivity contribution < 1.29 is 9.90 Å². The summed E-state index contributed by atoms with van der Waals surface area (Å²) < 4.78 is 0. The SMILES string of the molecule is C=C/C(=C\C)C(=O)N/N=C/c1cc(C)cc(C)c1O.CC. The van der Waals surface area contributed by atoms with E-state index in [1.807, 2.05) is 33.8 Å². The Morgan fingerprint density at radius 3 is 2.48 bits per heavy atom. The smallest absolute Gasteiger partial charge is 0.271 e. The van der Waals surface area contributed by atoms with E-state index in [1.54, 1.807) is 19.1 Å². The zero-order valence-electron chi connectivity index (χ0n) is 13.4. The molecule has 1 rings (SSSR count). The van der Waals surface area contributed by atoms with Gasteiger partial charge in [0.25, 0.3) is 5.91 Å². The van der Waals surface area contributed by atoms with Crippen LogP contribution in [0.4, 0.5) is 0 Å². The number of phenols is 1. The molecule has 0 atom stereocenters. The van der Waals surface area contributed by atoms with Crippen LogP contribution >= 0.6 is 0 Å². The molecule has 0 aliphatic heterocycles. The van der Waals surface area contributed by atoms with Crippen molar-refractivity contribution in [1.29, 1.82) is 0 Å². The van der Waals surface area contributed by atoms with Crippen molar-refractivity contribution in [3.05, 3.63) is 53.1 Å². The number of phenolic OH excluding ortho intramolecular Hbond substituents is 1. The number of nitrogens with one attached hydrogen (secondary N) is 1. The predicted octanol–water partition coefficient (Wildman–Crippen LogP) is 3.62. The molecule has 1 aromatic rings. The molecule has 0 saturated heterocycles. The Kier molecular flexibility index (Phi) is 8.46. The number of aromatic hydroxyl groups is 1. The largest absolute Gasteiger partial charge is 0.507 e. The van der Waals surface area contributed by atoms with Crippen LogP contribution in [-0.2, 0) is 4.79 Å². The van der Waals surface area contributed by atoms with Crippen LogP contribution in [0.25, 0.3) is 0 Å². The molecule has 0 aromatic heterocycles. The van der Waals surface area contributed by atoms with Crippen molar-refractivity contribution >= 4 is 12.1 Å². The Morgan fingerprint density at radius 2 is 1.95 bits per heavy atom. The molecular weight excluding hydrogens is 264 g/mol. The van der Waals surface area contributed by atoms with Gasteiger partial charge in [-0.3, -0.25) is 4.79 Å². The molecule has 114 valence electrons. The van der Waals surface area contributed by atoms with Gasteiger partial charge < -0.3 is 5.11 Å². The molecule has 0 heterocycles. The van der Waals surface area contributed by atoms with E-state index in [-0.39, 0.29) is 11.7 Å². The van der Waals surface area contributed by atoms with E-state index in [2.05, 4.69) is 17.1 Å². The van der Waals surface area contributed by atoms with E-state index in [0.717, 1.165) is 11.1 Å². The number of benzene rings is 1. The molecule has 0 unspecified atom stereocenters. The van der Waals surface area contributed by atoms with Crippen LogP contribution in [-0.4, -0.2) is 17.2 Å². The lowest BCUT2D eigenvalue weighted by atomic mass is 10.1. The number of allylic oxidation sites excluding steroid dienone is 1. The topological polar surface area (TPSA) is 61.7 Å². The first-order valence-corrected chi connectivity index (χ1v) is 6.92. The fourth-order valence-corrected chi connectivity index (χ4v) is 1.66. The molecule has 2 N–H and O–H groups in total. The predicted molar refractivity (Wildman–Crippen MR) is 88.6 cm³/mol. The zero-order valence-corrected chi connectivity index (χ0v) is 13.4. The standard InChI is InChI=1S/C15H18N2O2.C2H6/c1-5-12(6-2)15(19)17-16-9-13-8-10(3)7-11(4)14(13)18;1-2/h5-9,18H,1H2,2-4H3,(H,17,19);1-2H3/b12-6+,16-9+;. The molecule has 0 radical (unpaired) electrons. The molecule has 0 bridgehead atoms. The van der Waals surface area contributed by atoms with Gasteiger partial charge in [-0.1, -0.05) is 38.6 Å². The van der Waals surface area contributed by atoms with Crippen LogP contribution < -0.4 is 5.43 Å². The second kappa shape index (κ2) is 9.53. The van der Waals surface area contributed by atoms with Crippen molar-refractivity contribution in [2.45, 2.75) is 34.6 Å². The van der Waals surface area contributed by atoms with E-state index < -0.39 is 0 Å². The van der Waals surface area contributed by atoms with Crippen LogP contribution in [0.5, 0.6) is 5.75 Å². The van der Waals surface area contributed by atoms with Crippen molar-refractivity contribution in [3.63, 3.8) is 0 Å². The lowest BCUT2D eigenvalue weighted by Gasteiger charge is -2.05. The number of hydrogen-bond acceptors (Lipinski definition) is 3. The highest BCUT2D eigenvalue weighted by Gasteiger charge is 2.04. The monoisotopic (exact) mass is 288 g/mol. The summed E-state index contributed by atoms with van der Waals surface area (Å²) in [7, 11) is 0. The number of nitrogens with zero attached hydrogens (tertiary/aromatic N) is 1. The van der Waals surface area contributed by atoms with Gasteiger partial charge in [-0.05, 0) is 38.0 Å². The number of rotatable bonds is 4. The molecule has 0 aliphatic rings. The average molecular weight is 288 g/mol. The van der Waals surface area contributed by atoms with Gasteiger partial charge in [0.15, 0.2) is 0 Å². The molecule has 0 aliphatic carbocycles. The Morgan fingerprint density at radius 1 is 1.33 bits per heavy atom. The highest BCUT2D eigenvalue weighted by molar-refractivity contribution is 5.96. The third-order valence-corrected chi connectivity index (χ3v) is 2.64. The third-order valence-electron chi connectivity index (χ3n) is 2.64. The molecule has 21 heavy (non-hydrogen) atoms. The average Bonchev–Trinajstić information content (AvgIpc) is 2.47. The molecule has 1 amide bonds. The fraction of sp³-hybridized carbons (Fsp3) is 0.294. The van der Waals surface area contributed by atoms with E-state index in [0.29, 0.717) is 11.1 Å². The van der Waals surface area contributed by atoms with E-state index in [1.165, 1.54) is 12.3 Å². The van der Waals surface area contributed by atoms with Gasteiger partial charge in [-0.2, -0.15) is 5.10 Å². The number of hydrazone groups is 1. The minimum atomic E-state index is -0.336. The maximum atomic E-state index is 11.6. The first-order valence-electron chi connectivity index (χ1n) is 6.92. The van der Waals surface area contributed by atoms with Gasteiger partial charge >= 0.3 is 0 Å². The van der Waals surface area contributed by atoms with Gasteiger partial charge in [0.2, 0.25) is 0 Å². The maximum absolute atomic E-state index is 11.6. The van der Waals surface area contributed by atoms with Gasteiger partial charge in [0.05, 0.1) is 6.21 Å². The van der Waals surface area contributed by atoms with Gasteiger partial charge in [0.1, 0.15) is 5.75 Å². The summed E-state index contributed by atoms with van der Waals surface area (Å²) in [6, 6.07) is 3.67. The summed E-state index contributed by atoms with van der Waals surface area (Å²) in [6.07, 6.45) is 4.52. The summed E-state index contributed by atoms with van der Waals surface area (Å²) >= 11 is 0. The van der Waals surface area contributed by atoms with Crippen LogP contribution in [0.2, 0.25) is 0 Å². The van der Waals surface area contributed by atoms with E-state index in [9.17, 15) is 9.90 Å². The second-order valence-electron chi connectivity index (χ2n) is 4.17. The Balaban J connectivity index is 0.00000191.